The SMILES string of the molecule is Nc1nc(N2CCN(C=O)CC2)nc2cc(CO)c(CO)cc12. The molecule has 122 valence electrons. The second-order valence-corrected chi connectivity index (χ2v) is 5.49. The average Bonchev–Trinajstić information content (AvgIpc) is 2.60. The summed E-state index contributed by atoms with van der Waals surface area (Å²) >= 11 is 0. The van der Waals surface area contributed by atoms with E-state index in [1.165, 1.54) is 0 Å². The monoisotopic (exact) mass is 317 g/mol. The van der Waals surface area contributed by atoms with E-state index in [1.54, 1.807) is 17.0 Å². The van der Waals surface area contributed by atoms with Crippen molar-refractivity contribution in [1.82, 2.24) is 14.9 Å². The standard InChI is InChI=1S/C15H19N5O3/c16-14-12-5-10(7-21)11(8-22)6-13(12)17-15(18-14)20-3-1-19(9-23)2-4-20/h5-6,9,21-22H,1-4,7-8H2,(H2,16,17,18). The second-order valence-electron chi connectivity index (χ2n) is 5.49. The van der Waals surface area contributed by atoms with E-state index >= 15 is 0 Å². The van der Waals surface area contributed by atoms with Gasteiger partial charge in [-0.1, -0.05) is 0 Å². The van der Waals surface area contributed by atoms with Crippen molar-refractivity contribution in [1.29, 1.82) is 0 Å². The van der Waals surface area contributed by atoms with Crippen molar-refractivity contribution in [3.63, 3.8) is 0 Å². The Bertz CT molecular complexity index is 729. The lowest BCUT2D eigenvalue weighted by Gasteiger charge is -2.32. The summed E-state index contributed by atoms with van der Waals surface area (Å²) in [6.45, 7) is 2.17. The fourth-order valence-corrected chi connectivity index (χ4v) is 2.74. The molecule has 1 fully saturated rings. The molecule has 4 N–H and O–H groups in total. The summed E-state index contributed by atoms with van der Waals surface area (Å²) in [6, 6.07) is 3.44. The van der Waals surface area contributed by atoms with Gasteiger partial charge in [0.2, 0.25) is 12.4 Å². The van der Waals surface area contributed by atoms with Gasteiger partial charge >= 0.3 is 0 Å². The number of hydrogen-bond donors (Lipinski definition) is 3. The van der Waals surface area contributed by atoms with Gasteiger partial charge in [-0.25, -0.2) is 4.98 Å². The van der Waals surface area contributed by atoms with Gasteiger partial charge in [0.1, 0.15) is 5.82 Å². The number of benzene rings is 1. The number of aromatic nitrogens is 2. The summed E-state index contributed by atoms with van der Waals surface area (Å²) < 4.78 is 0. The smallest absolute Gasteiger partial charge is 0.228 e. The van der Waals surface area contributed by atoms with Crippen molar-refractivity contribution in [2.75, 3.05) is 36.8 Å². The van der Waals surface area contributed by atoms with E-state index in [4.69, 9.17) is 5.73 Å². The highest BCUT2D eigenvalue weighted by atomic mass is 16.3. The molecule has 0 aliphatic carbocycles. The summed E-state index contributed by atoms with van der Waals surface area (Å²) in [5.41, 5.74) is 7.91. The molecule has 8 heteroatoms. The van der Waals surface area contributed by atoms with Crippen LogP contribution in [0.5, 0.6) is 0 Å². The number of hydrogen-bond acceptors (Lipinski definition) is 7. The van der Waals surface area contributed by atoms with Gasteiger partial charge in [0.15, 0.2) is 0 Å². The molecule has 0 unspecified atom stereocenters. The Morgan fingerprint density at radius 3 is 2.35 bits per heavy atom. The van der Waals surface area contributed by atoms with Gasteiger partial charge in [0.25, 0.3) is 0 Å². The van der Waals surface area contributed by atoms with Gasteiger partial charge in [-0.2, -0.15) is 4.98 Å². The number of carbonyl (C=O) groups is 1. The lowest BCUT2D eigenvalue weighted by molar-refractivity contribution is -0.118. The minimum atomic E-state index is -0.180. The van der Waals surface area contributed by atoms with Crippen molar-refractivity contribution in [2.45, 2.75) is 13.2 Å². The average molecular weight is 317 g/mol. The Kier molecular flexibility index (Phi) is 4.26. The molecule has 1 aromatic heterocycles. The third kappa shape index (κ3) is 2.90. The zero-order valence-corrected chi connectivity index (χ0v) is 12.6. The van der Waals surface area contributed by atoms with Crippen LogP contribution in [0.4, 0.5) is 11.8 Å². The molecule has 1 aromatic carbocycles. The summed E-state index contributed by atoms with van der Waals surface area (Å²) in [5.74, 6) is 0.850. The van der Waals surface area contributed by atoms with Gasteiger partial charge in [-0.15, -0.1) is 0 Å². The molecule has 0 radical (unpaired) electrons. The third-order valence-corrected chi connectivity index (χ3v) is 4.12. The van der Waals surface area contributed by atoms with Crippen LogP contribution in [0.1, 0.15) is 11.1 Å². The van der Waals surface area contributed by atoms with Crippen LogP contribution in [0.2, 0.25) is 0 Å². The first-order chi connectivity index (χ1) is 11.2. The van der Waals surface area contributed by atoms with E-state index in [2.05, 4.69) is 9.97 Å². The molecular formula is C15H19N5O3. The third-order valence-electron chi connectivity index (χ3n) is 4.12. The van der Waals surface area contributed by atoms with E-state index in [9.17, 15) is 15.0 Å². The number of rotatable bonds is 4. The summed E-state index contributed by atoms with van der Waals surface area (Å²) in [5, 5.41) is 19.4. The maximum absolute atomic E-state index is 10.8. The van der Waals surface area contributed by atoms with Crippen LogP contribution in [-0.4, -0.2) is 57.7 Å². The van der Waals surface area contributed by atoms with Crippen LogP contribution in [0, 0.1) is 0 Å². The van der Waals surface area contributed by atoms with Crippen LogP contribution in [0.25, 0.3) is 10.9 Å². The van der Waals surface area contributed by atoms with Crippen molar-refractivity contribution in [3.05, 3.63) is 23.3 Å². The number of aliphatic hydroxyl groups excluding tert-OH is 2. The Morgan fingerprint density at radius 2 is 1.74 bits per heavy atom. The molecule has 8 nitrogen and oxygen atoms in total. The van der Waals surface area contributed by atoms with Gasteiger partial charge in [0, 0.05) is 31.6 Å². The molecule has 1 amide bonds. The molecule has 0 bridgehead atoms. The molecule has 0 atom stereocenters. The number of nitrogens with zero attached hydrogens (tertiary/aromatic N) is 4. The molecule has 1 aliphatic rings. The molecular weight excluding hydrogens is 298 g/mol. The number of anilines is 2. The van der Waals surface area contributed by atoms with E-state index in [1.807, 2.05) is 4.90 Å². The molecule has 2 heterocycles. The van der Waals surface area contributed by atoms with E-state index in [-0.39, 0.29) is 13.2 Å². The predicted molar refractivity (Wildman–Crippen MR) is 85.6 cm³/mol. The lowest BCUT2D eigenvalue weighted by atomic mass is 10.1. The predicted octanol–water partition coefficient (Wildman–Crippen LogP) is -0.525. The highest BCUT2D eigenvalue weighted by molar-refractivity contribution is 5.90. The molecule has 1 aliphatic heterocycles. The first kappa shape index (κ1) is 15.4. The van der Waals surface area contributed by atoms with Crippen LogP contribution >= 0.6 is 0 Å². The van der Waals surface area contributed by atoms with E-state index in [0.717, 1.165) is 6.41 Å². The van der Waals surface area contributed by atoms with Gasteiger partial charge in [-0.05, 0) is 23.3 Å². The molecule has 1 saturated heterocycles. The number of amides is 1. The molecule has 0 spiro atoms. The molecule has 3 rings (SSSR count). The first-order valence-corrected chi connectivity index (χ1v) is 7.41. The van der Waals surface area contributed by atoms with Crippen LogP contribution in [0.15, 0.2) is 12.1 Å². The number of aliphatic hydroxyl groups is 2. The minimum absolute atomic E-state index is 0.177. The maximum atomic E-state index is 10.8. The first-order valence-electron chi connectivity index (χ1n) is 7.41. The number of fused-ring (bicyclic) bond motifs is 1. The van der Waals surface area contributed by atoms with Crippen molar-refractivity contribution in [2.24, 2.45) is 0 Å². The fourth-order valence-electron chi connectivity index (χ4n) is 2.74. The van der Waals surface area contributed by atoms with Crippen molar-refractivity contribution >= 4 is 29.1 Å². The van der Waals surface area contributed by atoms with Crippen LogP contribution in [0.3, 0.4) is 0 Å². The molecule has 23 heavy (non-hydrogen) atoms. The maximum Gasteiger partial charge on any atom is 0.228 e. The van der Waals surface area contributed by atoms with Crippen molar-refractivity contribution in [3.8, 4) is 0 Å². The summed E-state index contributed by atoms with van der Waals surface area (Å²) in [7, 11) is 0. The topological polar surface area (TPSA) is 116 Å². The summed E-state index contributed by atoms with van der Waals surface area (Å²) in [4.78, 5) is 23.3. The number of nitrogen functional groups attached to an aromatic ring is 1. The Balaban J connectivity index is 1.98. The highest BCUT2D eigenvalue weighted by Gasteiger charge is 2.19. The molecule has 2 aromatic rings. The van der Waals surface area contributed by atoms with E-state index in [0.29, 0.717) is 60.0 Å². The number of piperazine rings is 1. The van der Waals surface area contributed by atoms with Gasteiger partial charge in [-0.3, -0.25) is 4.79 Å². The number of nitrogens with two attached hydrogens (primary N) is 1. The Labute approximate surface area is 133 Å². The van der Waals surface area contributed by atoms with Gasteiger partial charge < -0.3 is 25.7 Å². The van der Waals surface area contributed by atoms with Crippen LogP contribution < -0.4 is 10.6 Å². The van der Waals surface area contributed by atoms with Crippen molar-refractivity contribution < 1.29 is 15.0 Å². The highest BCUT2D eigenvalue weighted by Crippen LogP contribution is 2.25. The zero-order chi connectivity index (χ0) is 16.4. The fraction of sp³-hybridized carbons (Fsp3) is 0.400. The minimum Gasteiger partial charge on any atom is -0.392 e. The van der Waals surface area contributed by atoms with Crippen LogP contribution in [-0.2, 0) is 18.0 Å². The van der Waals surface area contributed by atoms with Gasteiger partial charge in [0.05, 0.1) is 18.7 Å². The van der Waals surface area contributed by atoms with E-state index < -0.39 is 0 Å². The second kappa shape index (κ2) is 6.35. The Morgan fingerprint density at radius 1 is 1.09 bits per heavy atom. The quantitative estimate of drug-likeness (QED) is 0.649. The lowest BCUT2D eigenvalue weighted by Crippen LogP contribution is -2.46. The zero-order valence-electron chi connectivity index (χ0n) is 12.6. The largest absolute Gasteiger partial charge is 0.392 e. The molecule has 0 saturated carbocycles. The normalized spacial score (nSPS) is 15.2. The summed E-state index contributed by atoms with van der Waals surface area (Å²) in [6.07, 6.45) is 0.844. The Hall–Kier alpha value is -2.45. The number of carbonyl (C=O) groups excluding carboxylic acids is 1.